The van der Waals surface area contributed by atoms with Crippen molar-refractivity contribution in [3.63, 3.8) is 0 Å². The molecule has 0 spiro atoms. The van der Waals surface area contributed by atoms with E-state index < -0.39 is 0 Å². The molecule has 3 fully saturated rings. The number of benzene rings is 1. The van der Waals surface area contributed by atoms with Crippen LogP contribution in [0.3, 0.4) is 0 Å². The third kappa shape index (κ3) is 2.84. The Morgan fingerprint density at radius 2 is 1.69 bits per heavy atom. The van der Waals surface area contributed by atoms with Gasteiger partial charge in [0.2, 0.25) is 0 Å². The molecule has 1 amide bonds. The SMILES string of the molecule is O=C(c1cnn(-c2ccccc2)c1C1CC1)N1CC[C@@H]2CNC[C@@H]2CC1. The number of likely N-dealkylation sites (tertiary alicyclic amines) is 1. The maximum absolute atomic E-state index is 13.3. The highest BCUT2D eigenvalue weighted by Crippen LogP contribution is 2.43. The van der Waals surface area contributed by atoms with E-state index in [9.17, 15) is 4.79 Å². The zero-order valence-electron chi connectivity index (χ0n) is 15.1. The molecule has 136 valence electrons. The van der Waals surface area contributed by atoms with Crippen molar-refractivity contribution in [1.29, 1.82) is 0 Å². The maximum Gasteiger partial charge on any atom is 0.257 e. The van der Waals surface area contributed by atoms with E-state index in [-0.39, 0.29) is 5.91 Å². The average molecular weight is 350 g/mol. The molecule has 26 heavy (non-hydrogen) atoms. The van der Waals surface area contributed by atoms with E-state index in [1.807, 2.05) is 22.9 Å². The van der Waals surface area contributed by atoms with Crippen LogP contribution < -0.4 is 5.32 Å². The second-order valence-electron chi connectivity index (χ2n) is 8.01. The highest BCUT2D eigenvalue weighted by Gasteiger charge is 2.36. The molecule has 2 atom stereocenters. The van der Waals surface area contributed by atoms with Gasteiger partial charge in [0.05, 0.1) is 23.1 Å². The smallest absolute Gasteiger partial charge is 0.257 e. The lowest BCUT2D eigenvalue weighted by molar-refractivity contribution is 0.0757. The Bertz CT molecular complexity index is 782. The number of hydrogen-bond acceptors (Lipinski definition) is 3. The fraction of sp³-hybridized carbons (Fsp3) is 0.524. The Kier molecular flexibility index (Phi) is 4.04. The third-order valence-corrected chi connectivity index (χ3v) is 6.31. The van der Waals surface area contributed by atoms with E-state index in [4.69, 9.17) is 0 Å². The highest BCUT2D eigenvalue weighted by molar-refractivity contribution is 5.95. The molecular weight excluding hydrogens is 324 g/mol. The topological polar surface area (TPSA) is 50.2 Å². The molecule has 0 unspecified atom stereocenters. The number of hydrogen-bond donors (Lipinski definition) is 1. The van der Waals surface area contributed by atoms with Gasteiger partial charge in [-0.05, 0) is 62.7 Å². The Balaban J connectivity index is 1.43. The number of carbonyl (C=O) groups excluding carboxylic acids is 1. The van der Waals surface area contributed by atoms with Crippen molar-refractivity contribution in [2.24, 2.45) is 11.8 Å². The standard InChI is InChI=1S/C21H26N4O/c26-21(24-10-8-16-12-22-13-17(16)9-11-24)19-14-23-25(20(19)15-6-7-15)18-4-2-1-3-5-18/h1-5,14-17,22H,6-13H2/t16-,17+. The zero-order valence-corrected chi connectivity index (χ0v) is 15.1. The number of rotatable bonds is 3. The van der Waals surface area contributed by atoms with Crippen LogP contribution in [-0.4, -0.2) is 46.8 Å². The van der Waals surface area contributed by atoms with Crippen molar-refractivity contribution in [3.05, 3.63) is 47.8 Å². The molecule has 5 nitrogen and oxygen atoms in total. The van der Waals surface area contributed by atoms with E-state index in [1.54, 1.807) is 6.20 Å². The predicted octanol–water partition coefficient (Wildman–Crippen LogP) is 2.82. The first-order chi connectivity index (χ1) is 12.8. The first-order valence-corrected chi connectivity index (χ1v) is 9.94. The van der Waals surface area contributed by atoms with Gasteiger partial charge < -0.3 is 10.2 Å². The first-order valence-electron chi connectivity index (χ1n) is 9.94. The summed E-state index contributed by atoms with van der Waals surface area (Å²) in [4.78, 5) is 15.4. The average Bonchev–Trinajstić information content (AvgIpc) is 3.33. The number of nitrogens with one attached hydrogen (secondary N) is 1. The van der Waals surface area contributed by atoms with Crippen LogP contribution in [0.2, 0.25) is 0 Å². The van der Waals surface area contributed by atoms with Gasteiger partial charge in [-0.2, -0.15) is 5.10 Å². The molecule has 3 aliphatic rings. The largest absolute Gasteiger partial charge is 0.339 e. The summed E-state index contributed by atoms with van der Waals surface area (Å²) in [5.74, 6) is 2.14. The van der Waals surface area contributed by atoms with Gasteiger partial charge in [0.1, 0.15) is 0 Å². The van der Waals surface area contributed by atoms with Crippen LogP contribution in [0.4, 0.5) is 0 Å². The molecule has 3 heterocycles. The summed E-state index contributed by atoms with van der Waals surface area (Å²) in [6, 6.07) is 10.2. The van der Waals surface area contributed by atoms with Gasteiger partial charge in [0.15, 0.2) is 0 Å². The lowest BCUT2D eigenvalue weighted by atomic mass is 9.92. The summed E-state index contributed by atoms with van der Waals surface area (Å²) in [5.41, 5.74) is 2.98. The summed E-state index contributed by atoms with van der Waals surface area (Å²) >= 11 is 0. The molecule has 2 aliphatic heterocycles. The van der Waals surface area contributed by atoms with Gasteiger partial charge in [-0.15, -0.1) is 0 Å². The van der Waals surface area contributed by atoms with Crippen LogP contribution in [0.25, 0.3) is 5.69 Å². The molecule has 1 N–H and O–H groups in total. The molecule has 0 radical (unpaired) electrons. The molecule has 0 bridgehead atoms. The first kappa shape index (κ1) is 16.1. The van der Waals surface area contributed by atoms with E-state index in [2.05, 4.69) is 27.4 Å². The molecule has 5 heteroatoms. The van der Waals surface area contributed by atoms with Crippen molar-refractivity contribution in [2.45, 2.75) is 31.6 Å². The number of amides is 1. The number of para-hydroxylation sites is 1. The van der Waals surface area contributed by atoms with Crippen LogP contribution in [0, 0.1) is 11.8 Å². The van der Waals surface area contributed by atoms with Crippen molar-refractivity contribution >= 4 is 5.91 Å². The molecule has 2 saturated heterocycles. The molecule has 1 aromatic heterocycles. The van der Waals surface area contributed by atoms with Crippen molar-refractivity contribution in [1.82, 2.24) is 20.0 Å². The molecule has 2 aromatic rings. The molecule has 5 rings (SSSR count). The maximum atomic E-state index is 13.3. The third-order valence-electron chi connectivity index (χ3n) is 6.31. The molecular formula is C21H26N4O. The zero-order chi connectivity index (χ0) is 17.5. The lowest BCUT2D eigenvalue weighted by Gasteiger charge is -2.21. The second kappa shape index (κ2) is 6.54. The van der Waals surface area contributed by atoms with E-state index in [0.717, 1.165) is 80.6 Å². The minimum Gasteiger partial charge on any atom is -0.339 e. The summed E-state index contributed by atoms with van der Waals surface area (Å²) in [7, 11) is 0. The summed E-state index contributed by atoms with van der Waals surface area (Å²) in [5, 5.41) is 8.11. The minimum absolute atomic E-state index is 0.182. The van der Waals surface area contributed by atoms with E-state index in [0.29, 0.717) is 5.92 Å². The Hall–Kier alpha value is -2.14. The number of fused-ring (bicyclic) bond motifs is 1. The van der Waals surface area contributed by atoms with Crippen LogP contribution in [-0.2, 0) is 0 Å². The van der Waals surface area contributed by atoms with Crippen LogP contribution >= 0.6 is 0 Å². The van der Waals surface area contributed by atoms with Crippen molar-refractivity contribution in [3.8, 4) is 5.69 Å². The van der Waals surface area contributed by atoms with Crippen LogP contribution in [0.5, 0.6) is 0 Å². The van der Waals surface area contributed by atoms with Gasteiger partial charge in [-0.25, -0.2) is 4.68 Å². The van der Waals surface area contributed by atoms with E-state index >= 15 is 0 Å². The van der Waals surface area contributed by atoms with E-state index in [1.165, 1.54) is 0 Å². The number of nitrogens with zero attached hydrogens (tertiary/aromatic N) is 3. The predicted molar refractivity (Wildman–Crippen MR) is 101 cm³/mol. The quantitative estimate of drug-likeness (QED) is 0.926. The fourth-order valence-electron chi connectivity index (χ4n) is 4.64. The van der Waals surface area contributed by atoms with Crippen molar-refractivity contribution < 1.29 is 4.79 Å². The molecule has 1 saturated carbocycles. The molecule has 1 aliphatic carbocycles. The second-order valence-corrected chi connectivity index (χ2v) is 8.01. The van der Waals surface area contributed by atoms with Gasteiger partial charge in [-0.3, -0.25) is 4.79 Å². The molecule has 1 aromatic carbocycles. The van der Waals surface area contributed by atoms with Gasteiger partial charge >= 0.3 is 0 Å². The summed E-state index contributed by atoms with van der Waals surface area (Å²) < 4.78 is 1.99. The van der Waals surface area contributed by atoms with Crippen LogP contribution in [0.1, 0.15) is 47.7 Å². The Morgan fingerprint density at radius 1 is 1.00 bits per heavy atom. The fourth-order valence-corrected chi connectivity index (χ4v) is 4.64. The number of carbonyl (C=O) groups is 1. The minimum atomic E-state index is 0.182. The highest BCUT2D eigenvalue weighted by atomic mass is 16.2. The van der Waals surface area contributed by atoms with Gasteiger partial charge in [0, 0.05) is 19.0 Å². The monoisotopic (exact) mass is 350 g/mol. The van der Waals surface area contributed by atoms with Crippen LogP contribution in [0.15, 0.2) is 36.5 Å². The Morgan fingerprint density at radius 3 is 2.35 bits per heavy atom. The van der Waals surface area contributed by atoms with Gasteiger partial charge in [0.25, 0.3) is 5.91 Å². The van der Waals surface area contributed by atoms with Crippen molar-refractivity contribution in [2.75, 3.05) is 26.2 Å². The lowest BCUT2D eigenvalue weighted by Crippen LogP contribution is -2.33. The summed E-state index contributed by atoms with van der Waals surface area (Å²) in [6.45, 7) is 3.99. The normalized spacial score (nSPS) is 25.8. The number of aromatic nitrogens is 2. The Labute approximate surface area is 154 Å². The summed E-state index contributed by atoms with van der Waals surface area (Å²) in [6.07, 6.45) is 6.36. The van der Waals surface area contributed by atoms with Gasteiger partial charge in [-0.1, -0.05) is 18.2 Å².